The Morgan fingerprint density at radius 3 is 2.93 bits per heavy atom. The number of likely N-dealkylation sites (N-methyl/N-ethyl adjacent to an activating group) is 1. The molecule has 1 unspecified atom stereocenters. The van der Waals surface area contributed by atoms with Crippen LogP contribution in [0.3, 0.4) is 0 Å². The molecule has 3 nitrogen and oxygen atoms in total. The number of hydrogen-bond donors (Lipinski definition) is 1. The monoisotopic (exact) mass is 257 g/mol. The van der Waals surface area contributed by atoms with Crippen LogP contribution in [0.5, 0.6) is 5.75 Å². The Kier molecular flexibility index (Phi) is 2.20. The number of hydrogen-bond acceptors (Lipinski definition) is 3. The molecular formula is C10H12BrNO2. The summed E-state index contributed by atoms with van der Waals surface area (Å²) < 4.78 is 6.67. The third-order valence-electron chi connectivity index (χ3n) is 2.62. The molecule has 1 atom stereocenters. The zero-order chi connectivity index (χ0) is 10.3. The molecule has 14 heavy (non-hydrogen) atoms. The minimum Gasteiger partial charge on any atom is -0.464 e. The van der Waals surface area contributed by atoms with Gasteiger partial charge in [-0.3, -0.25) is 0 Å². The highest BCUT2D eigenvalue weighted by molar-refractivity contribution is 9.10. The molecule has 1 heterocycles. The number of rotatable bonds is 1. The van der Waals surface area contributed by atoms with E-state index in [1.54, 1.807) is 0 Å². The van der Waals surface area contributed by atoms with Gasteiger partial charge in [-0.15, -0.1) is 0 Å². The molecule has 0 aromatic heterocycles. The average molecular weight is 258 g/mol. The molecule has 1 aliphatic rings. The summed E-state index contributed by atoms with van der Waals surface area (Å²) in [7, 11) is 1.91. The van der Waals surface area contributed by atoms with Gasteiger partial charge in [0.15, 0.2) is 0 Å². The first kappa shape index (κ1) is 9.80. The van der Waals surface area contributed by atoms with E-state index in [0.717, 1.165) is 15.9 Å². The van der Waals surface area contributed by atoms with Crippen molar-refractivity contribution < 1.29 is 9.84 Å². The molecule has 0 amide bonds. The van der Waals surface area contributed by atoms with Crippen molar-refractivity contribution in [3.63, 3.8) is 0 Å². The summed E-state index contributed by atoms with van der Waals surface area (Å²) in [5, 5.41) is 9.26. The van der Waals surface area contributed by atoms with Crippen molar-refractivity contribution >= 4 is 21.6 Å². The van der Waals surface area contributed by atoms with Crippen LogP contribution in [0.25, 0.3) is 0 Å². The Morgan fingerprint density at radius 1 is 1.57 bits per heavy atom. The predicted octanol–water partition coefficient (Wildman–Crippen LogP) is 1.99. The summed E-state index contributed by atoms with van der Waals surface area (Å²) in [6.45, 7) is 1.83. The zero-order valence-corrected chi connectivity index (χ0v) is 9.71. The number of aliphatic hydroxyl groups is 1. The lowest BCUT2D eigenvalue weighted by Gasteiger charge is -2.30. The predicted molar refractivity (Wildman–Crippen MR) is 58.7 cm³/mol. The lowest BCUT2D eigenvalue weighted by Crippen LogP contribution is -2.47. The normalized spacial score (nSPS) is 24.7. The van der Waals surface area contributed by atoms with Crippen molar-refractivity contribution in [1.82, 2.24) is 0 Å². The van der Waals surface area contributed by atoms with Crippen LogP contribution in [0, 0.1) is 0 Å². The number of ether oxygens (including phenoxy) is 1. The Morgan fingerprint density at radius 2 is 2.29 bits per heavy atom. The fraction of sp³-hybridized carbons (Fsp3) is 0.400. The molecule has 0 saturated heterocycles. The van der Waals surface area contributed by atoms with Crippen LogP contribution < -0.4 is 9.64 Å². The number of aliphatic hydroxyl groups excluding tert-OH is 1. The van der Waals surface area contributed by atoms with Crippen molar-refractivity contribution in [3.8, 4) is 5.75 Å². The second-order valence-corrected chi connectivity index (χ2v) is 4.52. The topological polar surface area (TPSA) is 32.7 Å². The van der Waals surface area contributed by atoms with E-state index < -0.39 is 5.72 Å². The molecule has 1 N–H and O–H groups in total. The standard InChI is InChI=1S/C10H12BrNO2/c1-10(6-13)12(2)8-5-7(11)3-4-9(8)14-10/h3-5,13H,6H2,1-2H3. The van der Waals surface area contributed by atoms with Crippen LogP contribution in [0.1, 0.15) is 6.92 Å². The van der Waals surface area contributed by atoms with Crippen molar-refractivity contribution in [1.29, 1.82) is 0 Å². The van der Waals surface area contributed by atoms with Gasteiger partial charge in [0.1, 0.15) is 12.4 Å². The number of anilines is 1. The largest absolute Gasteiger partial charge is 0.464 e. The zero-order valence-electron chi connectivity index (χ0n) is 8.12. The quantitative estimate of drug-likeness (QED) is 0.836. The molecular weight excluding hydrogens is 246 g/mol. The Labute approximate surface area is 91.4 Å². The van der Waals surface area contributed by atoms with Crippen molar-refractivity contribution in [2.24, 2.45) is 0 Å². The smallest absolute Gasteiger partial charge is 0.203 e. The van der Waals surface area contributed by atoms with Crippen molar-refractivity contribution in [3.05, 3.63) is 22.7 Å². The lowest BCUT2D eigenvalue weighted by molar-refractivity contribution is 0.0433. The third kappa shape index (κ3) is 1.29. The summed E-state index contributed by atoms with van der Waals surface area (Å²) in [6, 6.07) is 5.81. The van der Waals surface area contributed by atoms with Gasteiger partial charge in [0.25, 0.3) is 0 Å². The van der Waals surface area contributed by atoms with Crippen LogP contribution in [-0.4, -0.2) is 24.5 Å². The molecule has 76 valence electrons. The highest BCUT2D eigenvalue weighted by Crippen LogP contribution is 2.42. The van der Waals surface area contributed by atoms with Crippen molar-refractivity contribution in [2.75, 3.05) is 18.6 Å². The molecule has 0 aliphatic carbocycles. The second kappa shape index (κ2) is 3.14. The van der Waals surface area contributed by atoms with Gasteiger partial charge in [0.2, 0.25) is 5.72 Å². The van der Waals surface area contributed by atoms with Crippen LogP contribution >= 0.6 is 15.9 Å². The van der Waals surface area contributed by atoms with E-state index >= 15 is 0 Å². The first-order valence-corrected chi connectivity index (χ1v) is 5.19. The maximum atomic E-state index is 9.26. The van der Waals surface area contributed by atoms with Gasteiger partial charge >= 0.3 is 0 Å². The molecule has 4 heteroatoms. The van der Waals surface area contributed by atoms with E-state index in [2.05, 4.69) is 15.9 Å². The molecule has 0 spiro atoms. The highest BCUT2D eigenvalue weighted by atomic mass is 79.9. The fourth-order valence-corrected chi connectivity index (χ4v) is 1.89. The number of nitrogens with zero attached hydrogens (tertiary/aromatic N) is 1. The van der Waals surface area contributed by atoms with Gasteiger partial charge in [0.05, 0.1) is 5.69 Å². The minimum atomic E-state index is -0.636. The Balaban J connectivity index is 2.46. The van der Waals surface area contributed by atoms with Crippen molar-refractivity contribution in [2.45, 2.75) is 12.6 Å². The van der Waals surface area contributed by atoms with Gasteiger partial charge in [-0.05, 0) is 25.1 Å². The summed E-state index contributed by atoms with van der Waals surface area (Å²) in [5.41, 5.74) is 0.360. The summed E-state index contributed by atoms with van der Waals surface area (Å²) in [5.74, 6) is 0.812. The van der Waals surface area contributed by atoms with E-state index in [1.165, 1.54) is 0 Å². The molecule has 0 bridgehead atoms. The molecule has 1 aromatic carbocycles. The van der Waals surface area contributed by atoms with E-state index in [-0.39, 0.29) is 6.61 Å². The number of halogens is 1. The second-order valence-electron chi connectivity index (χ2n) is 3.61. The SMILES string of the molecule is CN1c2cc(Br)ccc2OC1(C)CO. The van der Waals surface area contributed by atoms with Gasteiger partial charge in [-0.1, -0.05) is 15.9 Å². The molecule has 2 rings (SSSR count). The van der Waals surface area contributed by atoms with Crippen LogP contribution in [0.2, 0.25) is 0 Å². The van der Waals surface area contributed by atoms with Crippen LogP contribution in [0.15, 0.2) is 22.7 Å². The van der Waals surface area contributed by atoms with E-state index in [1.807, 2.05) is 37.1 Å². The van der Waals surface area contributed by atoms with Gasteiger partial charge in [0, 0.05) is 11.5 Å². The summed E-state index contributed by atoms with van der Waals surface area (Å²) in [6.07, 6.45) is 0. The van der Waals surface area contributed by atoms with Gasteiger partial charge < -0.3 is 14.7 Å². The molecule has 0 fully saturated rings. The van der Waals surface area contributed by atoms with Gasteiger partial charge in [-0.25, -0.2) is 0 Å². The molecule has 1 aliphatic heterocycles. The average Bonchev–Trinajstić information content (AvgIpc) is 2.42. The first-order valence-electron chi connectivity index (χ1n) is 4.40. The summed E-state index contributed by atoms with van der Waals surface area (Å²) >= 11 is 3.41. The fourth-order valence-electron chi connectivity index (χ4n) is 1.54. The minimum absolute atomic E-state index is 0.0319. The molecule has 1 aromatic rings. The van der Waals surface area contributed by atoms with Crippen LogP contribution in [0.4, 0.5) is 5.69 Å². The third-order valence-corrected chi connectivity index (χ3v) is 3.11. The Bertz CT molecular complexity index is 369. The summed E-state index contributed by atoms with van der Waals surface area (Å²) in [4.78, 5) is 1.94. The lowest BCUT2D eigenvalue weighted by atomic mass is 10.2. The van der Waals surface area contributed by atoms with Gasteiger partial charge in [-0.2, -0.15) is 0 Å². The number of benzene rings is 1. The first-order chi connectivity index (χ1) is 6.57. The molecule has 0 radical (unpaired) electrons. The maximum Gasteiger partial charge on any atom is 0.203 e. The number of fused-ring (bicyclic) bond motifs is 1. The van der Waals surface area contributed by atoms with E-state index in [4.69, 9.17) is 4.74 Å². The highest BCUT2D eigenvalue weighted by Gasteiger charge is 2.39. The molecule has 0 saturated carbocycles. The van der Waals surface area contributed by atoms with E-state index in [9.17, 15) is 5.11 Å². The maximum absolute atomic E-state index is 9.26. The Hall–Kier alpha value is -0.740. The van der Waals surface area contributed by atoms with E-state index in [0.29, 0.717) is 0 Å². The van der Waals surface area contributed by atoms with Crippen LogP contribution in [-0.2, 0) is 0 Å².